The molecule has 1 aliphatic rings. The summed E-state index contributed by atoms with van der Waals surface area (Å²) < 4.78 is 12.2. The molecule has 0 unspecified atom stereocenters. The smallest absolute Gasteiger partial charge is 0.234 e. The third-order valence-corrected chi connectivity index (χ3v) is 6.54. The minimum Gasteiger partial charge on any atom is -0.497 e. The van der Waals surface area contributed by atoms with Crippen molar-refractivity contribution in [3.63, 3.8) is 0 Å². The number of methoxy groups -OCH3 is 1. The fourth-order valence-electron chi connectivity index (χ4n) is 3.75. The van der Waals surface area contributed by atoms with Gasteiger partial charge in [-0.25, -0.2) is 4.68 Å². The fraction of sp³-hybridized carbons (Fsp3) is 0.375. The van der Waals surface area contributed by atoms with Crippen molar-refractivity contribution in [1.82, 2.24) is 14.9 Å². The van der Waals surface area contributed by atoms with Gasteiger partial charge in [-0.05, 0) is 49.2 Å². The van der Waals surface area contributed by atoms with Crippen molar-refractivity contribution in [2.45, 2.75) is 37.4 Å². The first kappa shape index (κ1) is 23.7. The van der Waals surface area contributed by atoms with Crippen LogP contribution in [0.5, 0.6) is 11.5 Å². The van der Waals surface area contributed by atoms with E-state index in [0.29, 0.717) is 22.5 Å². The zero-order valence-corrected chi connectivity index (χ0v) is 20.1. The van der Waals surface area contributed by atoms with E-state index in [1.54, 1.807) is 13.2 Å². The first-order valence-electron chi connectivity index (χ1n) is 11.4. The average Bonchev–Trinajstić information content (AvgIpc) is 3.03. The number of carbonyl (C=O) groups excluding carboxylic acids is 1. The van der Waals surface area contributed by atoms with E-state index < -0.39 is 0 Å². The highest BCUT2D eigenvalue weighted by atomic mass is 32.2. The second-order valence-corrected chi connectivity index (χ2v) is 8.96. The van der Waals surface area contributed by atoms with E-state index >= 15 is 0 Å². The largest absolute Gasteiger partial charge is 0.497 e. The normalized spacial score (nSPS) is 13.9. The molecule has 2 aromatic carbocycles. The number of rotatable bonds is 9. The third kappa shape index (κ3) is 6.34. The number of amides is 1. The van der Waals surface area contributed by atoms with Gasteiger partial charge in [-0.1, -0.05) is 30.7 Å². The van der Waals surface area contributed by atoms with Crippen LogP contribution >= 0.6 is 11.8 Å². The van der Waals surface area contributed by atoms with Crippen LogP contribution < -0.4 is 25.5 Å². The van der Waals surface area contributed by atoms with Crippen molar-refractivity contribution in [3.8, 4) is 11.5 Å². The lowest BCUT2D eigenvalue weighted by molar-refractivity contribution is -0.113. The molecule has 1 aromatic heterocycles. The van der Waals surface area contributed by atoms with Gasteiger partial charge < -0.3 is 25.5 Å². The number of thioether (sulfide) groups is 1. The molecule has 0 radical (unpaired) electrons. The average molecular weight is 483 g/mol. The van der Waals surface area contributed by atoms with Crippen LogP contribution in [-0.2, 0) is 11.4 Å². The van der Waals surface area contributed by atoms with Gasteiger partial charge in [0.25, 0.3) is 0 Å². The standard InChI is InChI=1S/C24H30N6O3S/c1-32-20-7-6-8-21(15-20)33-16-22-27-28-24(30(22)25)34-17-23(31)26-18-9-11-19(12-10-18)29-13-4-2-3-5-14-29/h6-12,15H,2-5,13-14,16-17,25H2,1H3,(H,26,31). The molecule has 1 aliphatic heterocycles. The first-order chi connectivity index (χ1) is 16.6. The highest BCUT2D eigenvalue weighted by Crippen LogP contribution is 2.23. The van der Waals surface area contributed by atoms with E-state index in [9.17, 15) is 4.79 Å². The van der Waals surface area contributed by atoms with Gasteiger partial charge in [0.15, 0.2) is 5.82 Å². The second-order valence-electron chi connectivity index (χ2n) is 8.02. The van der Waals surface area contributed by atoms with Gasteiger partial charge in [0.1, 0.15) is 18.1 Å². The van der Waals surface area contributed by atoms with Crippen LogP contribution in [-0.4, -0.2) is 46.7 Å². The molecule has 9 nitrogen and oxygen atoms in total. The molecule has 2 heterocycles. The number of nitrogen functional groups attached to an aromatic ring is 1. The number of nitrogens with zero attached hydrogens (tertiary/aromatic N) is 4. The Balaban J connectivity index is 1.25. The molecule has 0 aliphatic carbocycles. The van der Waals surface area contributed by atoms with Gasteiger partial charge in [0, 0.05) is 30.5 Å². The Morgan fingerprint density at radius 3 is 2.53 bits per heavy atom. The topological polar surface area (TPSA) is 108 Å². The van der Waals surface area contributed by atoms with E-state index in [0.717, 1.165) is 18.8 Å². The number of ether oxygens (including phenoxy) is 2. The Morgan fingerprint density at radius 1 is 1.06 bits per heavy atom. The summed E-state index contributed by atoms with van der Waals surface area (Å²) in [5.41, 5.74) is 1.97. The molecule has 3 aromatic rings. The number of nitrogens with two attached hydrogens (primary N) is 1. The van der Waals surface area contributed by atoms with Gasteiger partial charge in [-0.15, -0.1) is 10.2 Å². The predicted octanol–water partition coefficient (Wildman–Crippen LogP) is 3.69. The highest BCUT2D eigenvalue weighted by Gasteiger charge is 2.14. The molecule has 1 amide bonds. The minimum absolute atomic E-state index is 0.135. The molecule has 34 heavy (non-hydrogen) atoms. The summed E-state index contributed by atoms with van der Waals surface area (Å²) in [6.07, 6.45) is 5.07. The number of nitrogens with one attached hydrogen (secondary N) is 1. The van der Waals surface area contributed by atoms with Gasteiger partial charge in [0.2, 0.25) is 11.1 Å². The number of anilines is 2. The van der Waals surface area contributed by atoms with Crippen LogP contribution in [0.3, 0.4) is 0 Å². The number of hydrogen-bond acceptors (Lipinski definition) is 8. The summed E-state index contributed by atoms with van der Waals surface area (Å²) in [5, 5.41) is 11.5. The predicted molar refractivity (Wildman–Crippen MR) is 134 cm³/mol. The summed E-state index contributed by atoms with van der Waals surface area (Å²) >= 11 is 1.22. The molecule has 4 rings (SSSR count). The number of aromatic nitrogens is 3. The SMILES string of the molecule is COc1cccc(OCc2nnc(SCC(=O)Nc3ccc(N4CCCCCC4)cc3)n2N)c1. The lowest BCUT2D eigenvalue weighted by atomic mass is 10.2. The molecule has 0 bridgehead atoms. The van der Waals surface area contributed by atoms with Crippen molar-refractivity contribution in [2.24, 2.45) is 0 Å². The molecule has 0 atom stereocenters. The van der Waals surface area contributed by atoms with E-state index in [1.165, 1.54) is 47.8 Å². The Labute approximate surface area is 203 Å². The summed E-state index contributed by atoms with van der Waals surface area (Å²) in [6, 6.07) is 15.3. The highest BCUT2D eigenvalue weighted by molar-refractivity contribution is 7.99. The van der Waals surface area contributed by atoms with Crippen molar-refractivity contribution in [2.75, 3.05) is 42.0 Å². The Hall–Kier alpha value is -3.40. The molecule has 0 saturated carbocycles. The zero-order valence-electron chi connectivity index (χ0n) is 19.3. The number of carbonyl (C=O) groups is 1. The Morgan fingerprint density at radius 2 is 1.79 bits per heavy atom. The quantitative estimate of drug-likeness (QED) is 0.351. The number of hydrogen-bond donors (Lipinski definition) is 2. The monoisotopic (exact) mass is 482 g/mol. The number of benzene rings is 2. The zero-order chi connectivity index (χ0) is 23.8. The molecule has 10 heteroatoms. The minimum atomic E-state index is -0.135. The second kappa shape index (κ2) is 11.6. The van der Waals surface area contributed by atoms with Crippen LogP contribution in [0.2, 0.25) is 0 Å². The van der Waals surface area contributed by atoms with Gasteiger partial charge in [-0.3, -0.25) is 4.79 Å². The third-order valence-electron chi connectivity index (χ3n) is 5.60. The lowest BCUT2D eigenvalue weighted by Gasteiger charge is -2.22. The summed E-state index contributed by atoms with van der Waals surface area (Å²) in [7, 11) is 1.60. The molecule has 1 saturated heterocycles. The molecular formula is C24H30N6O3S. The molecular weight excluding hydrogens is 452 g/mol. The van der Waals surface area contributed by atoms with Gasteiger partial charge in [-0.2, -0.15) is 0 Å². The van der Waals surface area contributed by atoms with E-state index in [2.05, 4.69) is 32.5 Å². The molecule has 3 N–H and O–H groups in total. The Bertz CT molecular complexity index is 1080. The maximum Gasteiger partial charge on any atom is 0.234 e. The maximum atomic E-state index is 12.4. The van der Waals surface area contributed by atoms with E-state index in [1.807, 2.05) is 30.3 Å². The fourth-order valence-corrected chi connectivity index (χ4v) is 4.43. The molecule has 0 spiro atoms. The van der Waals surface area contributed by atoms with Crippen molar-refractivity contribution >= 4 is 29.0 Å². The summed E-state index contributed by atoms with van der Waals surface area (Å²) in [5.74, 6) is 7.91. The molecule has 180 valence electrons. The van der Waals surface area contributed by atoms with Crippen LogP contribution in [0.1, 0.15) is 31.5 Å². The van der Waals surface area contributed by atoms with E-state index in [4.69, 9.17) is 15.3 Å². The van der Waals surface area contributed by atoms with Crippen LogP contribution in [0, 0.1) is 0 Å². The van der Waals surface area contributed by atoms with Crippen LogP contribution in [0.15, 0.2) is 53.7 Å². The van der Waals surface area contributed by atoms with Crippen molar-refractivity contribution in [1.29, 1.82) is 0 Å². The summed E-state index contributed by atoms with van der Waals surface area (Å²) in [4.78, 5) is 14.8. The Kier molecular flexibility index (Phi) is 8.13. The van der Waals surface area contributed by atoms with E-state index in [-0.39, 0.29) is 18.3 Å². The van der Waals surface area contributed by atoms with Gasteiger partial charge >= 0.3 is 0 Å². The van der Waals surface area contributed by atoms with Gasteiger partial charge in [0.05, 0.1) is 12.9 Å². The van der Waals surface area contributed by atoms with Crippen molar-refractivity contribution < 1.29 is 14.3 Å². The summed E-state index contributed by atoms with van der Waals surface area (Å²) in [6.45, 7) is 2.33. The van der Waals surface area contributed by atoms with Crippen molar-refractivity contribution in [3.05, 3.63) is 54.4 Å². The van der Waals surface area contributed by atoms with Crippen LogP contribution in [0.25, 0.3) is 0 Å². The lowest BCUT2D eigenvalue weighted by Crippen LogP contribution is -2.23. The maximum absolute atomic E-state index is 12.4. The first-order valence-corrected chi connectivity index (χ1v) is 12.3. The molecule has 1 fully saturated rings. The van der Waals surface area contributed by atoms with Crippen LogP contribution in [0.4, 0.5) is 11.4 Å².